The molecule has 4 aromatic carbocycles. The van der Waals surface area contributed by atoms with Crippen LogP contribution >= 0.6 is 0 Å². The van der Waals surface area contributed by atoms with Crippen LogP contribution in [0.2, 0.25) is 0 Å². The number of carbonyl (C=O) groups is 2. The molecular weight excluding hydrogens is 522 g/mol. The molecule has 2 amide bonds. The van der Waals surface area contributed by atoms with Crippen molar-refractivity contribution in [3.05, 3.63) is 125 Å². The van der Waals surface area contributed by atoms with Gasteiger partial charge in [-0.3, -0.25) is 14.5 Å². The number of fused-ring (bicyclic) bond motifs is 1. The van der Waals surface area contributed by atoms with E-state index < -0.39 is 0 Å². The smallest absolute Gasteiger partial charge is 0.262 e. The molecule has 0 saturated heterocycles. The molecule has 0 radical (unpaired) electrons. The molecule has 1 N–H and O–H groups in total. The third-order valence-electron chi connectivity index (χ3n) is 8.23. The number of nitrogens with zero attached hydrogens (tertiary/aromatic N) is 2. The highest BCUT2D eigenvalue weighted by molar-refractivity contribution is 6.12. The molecular formula is C36H37N3O3. The van der Waals surface area contributed by atoms with Crippen molar-refractivity contribution in [2.24, 2.45) is 0 Å². The van der Waals surface area contributed by atoms with E-state index in [4.69, 9.17) is 4.74 Å². The molecule has 2 aliphatic rings. The molecule has 0 bridgehead atoms. The number of ether oxygens (including phenoxy) is 1. The third kappa shape index (κ3) is 6.03. The number of hydrogen-bond donors (Lipinski definition) is 1. The standard InChI is InChI=1S/C36H37N3O3/c1-26-16-20-30(21-17-26)39-35(28-18-22-31(23-19-28)42-25-34(40)37-29-12-6-3-7-13-29)38(24-27-10-4-2-5-11-27)33-15-9-8-14-32(33)36(39)41/h2,4-5,8-11,14-23,29,35H,3,6-7,12-13,24-25H2,1H3,(H,37,40)/t35-/m1/s1. The van der Waals surface area contributed by atoms with Crippen molar-refractivity contribution in [3.8, 4) is 5.75 Å². The molecule has 214 valence electrons. The van der Waals surface area contributed by atoms with E-state index in [1.54, 1.807) is 0 Å². The Morgan fingerprint density at radius 2 is 1.52 bits per heavy atom. The Morgan fingerprint density at radius 1 is 0.833 bits per heavy atom. The lowest BCUT2D eigenvalue weighted by Crippen LogP contribution is -2.49. The zero-order chi connectivity index (χ0) is 28.9. The van der Waals surface area contributed by atoms with Gasteiger partial charge in [0.05, 0.1) is 11.3 Å². The van der Waals surface area contributed by atoms with E-state index in [-0.39, 0.29) is 30.6 Å². The van der Waals surface area contributed by atoms with Crippen LogP contribution in [-0.2, 0) is 11.3 Å². The van der Waals surface area contributed by atoms with Crippen LogP contribution in [0.15, 0.2) is 103 Å². The fourth-order valence-electron chi connectivity index (χ4n) is 6.06. The van der Waals surface area contributed by atoms with Crippen LogP contribution < -0.4 is 19.9 Å². The molecule has 0 aromatic heterocycles. The predicted octanol–water partition coefficient (Wildman–Crippen LogP) is 7.19. The first kappa shape index (κ1) is 27.6. The number of anilines is 2. The number of rotatable bonds is 8. The lowest BCUT2D eigenvalue weighted by molar-refractivity contribution is -0.124. The van der Waals surface area contributed by atoms with Gasteiger partial charge < -0.3 is 15.0 Å². The van der Waals surface area contributed by atoms with Gasteiger partial charge in [-0.2, -0.15) is 0 Å². The lowest BCUT2D eigenvalue weighted by Gasteiger charge is -2.46. The second kappa shape index (κ2) is 12.5. The number of benzene rings is 4. The Kier molecular flexibility index (Phi) is 8.22. The molecule has 4 aromatic rings. The first-order chi connectivity index (χ1) is 20.6. The molecule has 1 aliphatic carbocycles. The van der Waals surface area contributed by atoms with Crippen LogP contribution in [-0.4, -0.2) is 24.5 Å². The van der Waals surface area contributed by atoms with E-state index in [1.807, 2.05) is 103 Å². The molecule has 0 spiro atoms. The highest BCUT2D eigenvalue weighted by Gasteiger charge is 2.39. The SMILES string of the molecule is Cc1ccc(N2C(=O)c3ccccc3N(Cc3ccccc3)[C@H]2c2ccc(OCC(=O)NC3CCCCC3)cc2)cc1. The largest absolute Gasteiger partial charge is 0.484 e. The van der Waals surface area contributed by atoms with Gasteiger partial charge in [-0.05, 0) is 67.3 Å². The van der Waals surface area contributed by atoms with Crippen molar-refractivity contribution >= 4 is 23.2 Å². The molecule has 6 nitrogen and oxygen atoms in total. The van der Waals surface area contributed by atoms with Gasteiger partial charge in [-0.1, -0.05) is 91.6 Å². The number of amides is 2. The first-order valence-corrected chi connectivity index (χ1v) is 14.9. The number of aryl methyl sites for hydroxylation is 1. The van der Waals surface area contributed by atoms with Crippen LogP contribution in [0.25, 0.3) is 0 Å². The number of nitrogens with one attached hydrogen (secondary N) is 1. The maximum Gasteiger partial charge on any atom is 0.262 e. The predicted molar refractivity (Wildman–Crippen MR) is 167 cm³/mol. The summed E-state index contributed by atoms with van der Waals surface area (Å²) < 4.78 is 5.87. The molecule has 1 heterocycles. The first-order valence-electron chi connectivity index (χ1n) is 14.9. The minimum Gasteiger partial charge on any atom is -0.484 e. The summed E-state index contributed by atoms with van der Waals surface area (Å²) in [6.45, 7) is 2.66. The Labute approximate surface area is 247 Å². The van der Waals surface area contributed by atoms with Gasteiger partial charge in [-0.25, -0.2) is 0 Å². The van der Waals surface area contributed by atoms with Crippen LogP contribution in [0, 0.1) is 6.92 Å². The van der Waals surface area contributed by atoms with E-state index in [1.165, 1.54) is 19.3 Å². The van der Waals surface area contributed by atoms with Gasteiger partial charge in [0.15, 0.2) is 6.61 Å². The van der Waals surface area contributed by atoms with Gasteiger partial charge in [0.1, 0.15) is 11.9 Å². The molecule has 1 fully saturated rings. The highest BCUT2D eigenvalue weighted by atomic mass is 16.5. The van der Waals surface area contributed by atoms with Crippen molar-refractivity contribution in [1.29, 1.82) is 0 Å². The molecule has 42 heavy (non-hydrogen) atoms. The van der Waals surface area contributed by atoms with Crippen LogP contribution in [0.3, 0.4) is 0 Å². The van der Waals surface area contributed by atoms with Gasteiger partial charge >= 0.3 is 0 Å². The fraction of sp³-hybridized carbons (Fsp3) is 0.278. The summed E-state index contributed by atoms with van der Waals surface area (Å²) in [5.41, 5.74) is 5.65. The summed E-state index contributed by atoms with van der Waals surface area (Å²) in [6, 6.07) is 34.3. The highest BCUT2D eigenvalue weighted by Crippen LogP contribution is 2.42. The molecule has 6 heteroatoms. The molecule has 1 atom stereocenters. The summed E-state index contributed by atoms with van der Waals surface area (Å²) in [5, 5.41) is 3.11. The Hall–Kier alpha value is -4.58. The second-order valence-corrected chi connectivity index (χ2v) is 11.3. The number of para-hydroxylation sites is 1. The fourth-order valence-corrected chi connectivity index (χ4v) is 6.06. The van der Waals surface area contributed by atoms with Crippen molar-refractivity contribution in [2.45, 2.75) is 57.8 Å². The third-order valence-corrected chi connectivity index (χ3v) is 8.23. The van der Waals surface area contributed by atoms with Crippen molar-refractivity contribution in [1.82, 2.24) is 5.32 Å². The summed E-state index contributed by atoms with van der Waals surface area (Å²) in [4.78, 5) is 30.8. The molecule has 6 rings (SSSR count). The molecule has 1 saturated carbocycles. The van der Waals surface area contributed by atoms with E-state index in [9.17, 15) is 9.59 Å². The van der Waals surface area contributed by atoms with E-state index in [2.05, 4.69) is 22.3 Å². The maximum absolute atomic E-state index is 14.1. The van der Waals surface area contributed by atoms with E-state index in [0.29, 0.717) is 17.9 Å². The summed E-state index contributed by atoms with van der Waals surface area (Å²) >= 11 is 0. The topological polar surface area (TPSA) is 61.9 Å². The second-order valence-electron chi connectivity index (χ2n) is 11.3. The van der Waals surface area contributed by atoms with Crippen LogP contribution in [0.5, 0.6) is 5.75 Å². The Morgan fingerprint density at radius 3 is 2.26 bits per heavy atom. The maximum atomic E-state index is 14.1. The van der Waals surface area contributed by atoms with Crippen LogP contribution in [0.1, 0.15) is 65.3 Å². The zero-order valence-corrected chi connectivity index (χ0v) is 24.0. The number of hydrogen-bond acceptors (Lipinski definition) is 4. The average Bonchev–Trinajstić information content (AvgIpc) is 3.03. The molecule has 1 aliphatic heterocycles. The molecule has 0 unspecified atom stereocenters. The normalized spacial score (nSPS) is 17.1. The summed E-state index contributed by atoms with van der Waals surface area (Å²) in [5.74, 6) is 0.500. The minimum absolute atomic E-state index is 0.0131. The average molecular weight is 560 g/mol. The summed E-state index contributed by atoms with van der Waals surface area (Å²) in [6.07, 6.45) is 5.28. The van der Waals surface area contributed by atoms with E-state index >= 15 is 0 Å². The van der Waals surface area contributed by atoms with Crippen LogP contribution in [0.4, 0.5) is 11.4 Å². The Balaban J connectivity index is 1.31. The number of carbonyl (C=O) groups excluding carboxylic acids is 2. The van der Waals surface area contributed by atoms with Gasteiger partial charge in [0.25, 0.3) is 11.8 Å². The Bertz CT molecular complexity index is 1510. The zero-order valence-electron chi connectivity index (χ0n) is 24.0. The lowest BCUT2D eigenvalue weighted by atomic mass is 9.95. The van der Waals surface area contributed by atoms with Crippen molar-refractivity contribution in [2.75, 3.05) is 16.4 Å². The quantitative estimate of drug-likeness (QED) is 0.248. The summed E-state index contributed by atoms with van der Waals surface area (Å²) in [7, 11) is 0. The minimum atomic E-state index is -0.390. The van der Waals surface area contributed by atoms with E-state index in [0.717, 1.165) is 40.9 Å². The van der Waals surface area contributed by atoms with Gasteiger partial charge in [0.2, 0.25) is 0 Å². The monoisotopic (exact) mass is 559 g/mol. The van der Waals surface area contributed by atoms with Gasteiger partial charge in [-0.15, -0.1) is 0 Å². The van der Waals surface area contributed by atoms with Crippen molar-refractivity contribution < 1.29 is 14.3 Å². The van der Waals surface area contributed by atoms with Gasteiger partial charge in [0, 0.05) is 18.3 Å². The van der Waals surface area contributed by atoms with Crippen molar-refractivity contribution in [3.63, 3.8) is 0 Å².